The Labute approximate surface area is 125 Å². The van der Waals surface area contributed by atoms with Crippen LogP contribution in [0, 0.1) is 0 Å². The van der Waals surface area contributed by atoms with Gasteiger partial charge in [-0.1, -0.05) is 18.2 Å². The summed E-state index contributed by atoms with van der Waals surface area (Å²) in [6.45, 7) is 1.45. The molecular formula is C17H21N3O. The van der Waals surface area contributed by atoms with Crippen LogP contribution in [0.1, 0.15) is 12.0 Å². The molecule has 1 N–H and O–H groups in total. The fourth-order valence-electron chi connectivity index (χ4n) is 2.07. The predicted molar refractivity (Wildman–Crippen MR) is 85.3 cm³/mol. The Balaban J connectivity index is 1.65. The largest absolute Gasteiger partial charge is 0.373 e. The zero-order chi connectivity index (χ0) is 14.9. The Hall–Kier alpha value is -2.36. The van der Waals surface area contributed by atoms with Crippen LogP contribution in [0.4, 0.5) is 5.69 Å². The molecule has 21 heavy (non-hydrogen) atoms. The van der Waals surface area contributed by atoms with E-state index in [2.05, 4.69) is 27.3 Å². The first-order valence-electron chi connectivity index (χ1n) is 7.17. The van der Waals surface area contributed by atoms with E-state index in [4.69, 9.17) is 0 Å². The van der Waals surface area contributed by atoms with E-state index >= 15 is 0 Å². The molecular weight excluding hydrogens is 262 g/mol. The number of para-hydroxylation sites is 1. The lowest BCUT2D eigenvalue weighted by molar-refractivity contribution is -0.120. The highest BCUT2D eigenvalue weighted by Crippen LogP contribution is 2.09. The summed E-state index contributed by atoms with van der Waals surface area (Å²) >= 11 is 0. The second-order valence-electron chi connectivity index (χ2n) is 4.96. The molecule has 0 aliphatic heterocycles. The number of aromatic nitrogens is 1. The SMILES string of the molecule is CN(CCNC(=O)CCc1ccncc1)c1ccccc1. The van der Waals surface area contributed by atoms with E-state index in [0.29, 0.717) is 13.0 Å². The molecule has 2 aromatic rings. The van der Waals surface area contributed by atoms with Gasteiger partial charge in [-0.2, -0.15) is 0 Å². The van der Waals surface area contributed by atoms with E-state index in [1.807, 2.05) is 37.4 Å². The minimum absolute atomic E-state index is 0.0910. The summed E-state index contributed by atoms with van der Waals surface area (Å²) in [5.74, 6) is 0.0910. The lowest BCUT2D eigenvalue weighted by Crippen LogP contribution is -2.33. The summed E-state index contributed by atoms with van der Waals surface area (Å²) in [4.78, 5) is 17.9. The van der Waals surface area contributed by atoms with Crippen LogP contribution in [0.2, 0.25) is 0 Å². The molecule has 0 atom stereocenters. The van der Waals surface area contributed by atoms with Crippen molar-refractivity contribution >= 4 is 11.6 Å². The van der Waals surface area contributed by atoms with Crippen LogP contribution < -0.4 is 10.2 Å². The molecule has 0 bridgehead atoms. The van der Waals surface area contributed by atoms with Crippen LogP contribution in [-0.2, 0) is 11.2 Å². The van der Waals surface area contributed by atoms with Gasteiger partial charge in [0.1, 0.15) is 0 Å². The van der Waals surface area contributed by atoms with Crippen LogP contribution in [0.25, 0.3) is 0 Å². The summed E-state index contributed by atoms with van der Waals surface area (Å²) in [7, 11) is 2.03. The van der Waals surface area contributed by atoms with Crippen molar-refractivity contribution in [1.29, 1.82) is 0 Å². The molecule has 0 aliphatic carbocycles. The molecule has 0 radical (unpaired) electrons. The first kappa shape index (κ1) is 15.0. The van der Waals surface area contributed by atoms with E-state index < -0.39 is 0 Å². The number of hydrogen-bond donors (Lipinski definition) is 1. The van der Waals surface area contributed by atoms with Gasteiger partial charge >= 0.3 is 0 Å². The van der Waals surface area contributed by atoms with Gasteiger partial charge < -0.3 is 10.2 Å². The van der Waals surface area contributed by atoms with Crippen LogP contribution in [-0.4, -0.2) is 31.0 Å². The Morgan fingerprint density at radius 3 is 2.57 bits per heavy atom. The molecule has 1 amide bonds. The quantitative estimate of drug-likeness (QED) is 0.848. The van der Waals surface area contributed by atoms with Crippen LogP contribution >= 0.6 is 0 Å². The van der Waals surface area contributed by atoms with Crippen molar-refractivity contribution in [3.05, 3.63) is 60.4 Å². The molecule has 1 aromatic carbocycles. The number of benzene rings is 1. The van der Waals surface area contributed by atoms with E-state index in [1.54, 1.807) is 12.4 Å². The van der Waals surface area contributed by atoms with Gasteiger partial charge in [-0.3, -0.25) is 9.78 Å². The van der Waals surface area contributed by atoms with Gasteiger partial charge in [0.2, 0.25) is 5.91 Å². The lowest BCUT2D eigenvalue weighted by Gasteiger charge is -2.19. The summed E-state index contributed by atoms with van der Waals surface area (Å²) in [6.07, 6.45) is 4.77. The highest BCUT2D eigenvalue weighted by atomic mass is 16.1. The average molecular weight is 283 g/mol. The molecule has 2 rings (SSSR count). The Kier molecular flexibility index (Phi) is 5.76. The monoisotopic (exact) mass is 283 g/mol. The predicted octanol–water partition coefficient (Wildman–Crippen LogP) is 2.27. The van der Waals surface area contributed by atoms with Crippen LogP contribution in [0.5, 0.6) is 0 Å². The number of carbonyl (C=O) groups is 1. The molecule has 110 valence electrons. The summed E-state index contributed by atoms with van der Waals surface area (Å²) in [6, 6.07) is 14.0. The summed E-state index contributed by atoms with van der Waals surface area (Å²) in [5, 5.41) is 2.96. The summed E-state index contributed by atoms with van der Waals surface area (Å²) in [5.41, 5.74) is 2.30. The molecule has 0 spiro atoms. The highest BCUT2D eigenvalue weighted by Gasteiger charge is 2.03. The number of pyridine rings is 1. The third kappa shape index (κ3) is 5.26. The van der Waals surface area contributed by atoms with Gasteiger partial charge in [-0.25, -0.2) is 0 Å². The Morgan fingerprint density at radius 1 is 1.14 bits per heavy atom. The number of nitrogens with zero attached hydrogens (tertiary/aromatic N) is 2. The Bertz CT molecular complexity index is 542. The van der Waals surface area contributed by atoms with Crippen LogP contribution in [0.3, 0.4) is 0 Å². The zero-order valence-electron chi connectivity index (χ0n) is 12.3. The topological polar surface area (TPSA) is 45.2 Å². The molecule has 1 aromatic heterocycles. The molecule has 0 fully saturated rings. The normalized spacial score (nSPS) is 10.1. The van der Waals surface area contributed by atoms with Crippen molar-refractivity contribution in [3.8, 4) is 0 Å². The van der Waals surface area contributed by atoms with Crippen molar-refractivity contribution in [3.63, 3.8) is 0 Å². The van der Waals surface area contributed by atoms with Crippen molar-refractivity contribution in [2.24, 2.45) is 0 Å². The van der Waals surface area contributed by atoms with Gasteiger partial charge in [0.05, 0.1) is 0 Å². The van der Waals surface area contributed by atoms with E-state index in [9.17, 15) is 4.79 Å². The summed E-state index contributed by atoms with van der Waals surface area (Å²) < 4.78 is 0. The number of nitrogens with one attached hydrogen (secondary N) is 1. The van der Waals surface area contributed by atoms with Crippen molar-refractivity contribution < 1.29 is 4.79 Å². The smallest absolute Gasteiger partial charge is 0.220 e. The molecule has 0 saturated carbocycles. The first-order valence-corrected chi connectivity index (χ1v) is 7.17. The molecule has 0 unspecified atom stereocenters. The highest BCUT2D eigenvalue weighted by molar-refractivity contribution is 5.76. The van der Waals surface area contributed by atoms with Gasteiger partial charge in [-0.15, -0.1) is 0 Å². The second kappa shape index (κ2) is 8.04. The maximum atomic E-state index is 11.8. The average Bonchev–Trinajstić information content (AvgIpc) is 2.54. The maximum absolute atomic E-state index is 11.8. The van der Waals surface area contributed by atoms with Gasteiger partial charge in [0, 0.05) is 44.6 Å². The van der Waals surface area contributed by atoms with Crippen LogP contribution in [0.15, 0.2) is 54.9 Å². The van der Waals surface area contributed by atoms with Crippen molar-refractivity contribution in [2.75, 3.05) is 25.0 Å². The molecule has 0 aliphatic rings. The molecule has 0 saturated heterocycles. The van der Waals surface area contributed by atoms with Gasteiger partial charge in [0.25, 0.3) is 0 Å². The van der Waals surface area contributed by atoms with E-state index in [-0.39, 0.29) is 5.91 Å². The minimum Gasteiger partial charge on any atom is -0.373 e. The fraction of sp³-hybridized carbons (Fsp3) is 0.294. The molecule has 4 nitrogen and oxygen atoms in total. The number of carbonyl (C=O) groups excluding carboxylic acids is 1. The van der Waals surface area contributed by atoms with E-state index in [0.717, 1.165) is 24.2 Å². The molecule has 4 heteroatoms. The number of anilines is 1. The first-order chi connectivity index (χ1) is 10.3. The number of likely N-dealkylation sites (N-methyl/N-ethyl adjacent to an activating group) is 1. The Morgan fingerprint density at radius 2 is 1.86 bits per heavy atom. The van der Waals surface area contributed by atoms with Gasteiger partial charge in [0.15, 0.2) is 0 Å². The lowest BCUT2D eigenvalue weighted by atomic mass is 10.1. The standard InChI is InChI=1S/C17H21N3O/c1-20(16-5-3-2-4-6-16)14-13-19-17(21)8-7-15-9-11-18-12-10-15/h2-6,9-12H,7-8,13-14H2,1H3,(H,19,21). The zero-order valence-corrected chi connectivity index (χ0v) is 12.3. The third-order valence-corrected chi connectivity index (χ3v) is 3.36. The van der Waals surface area contributed by atoms with Gasteiger partial charge in [-0.05, 0) is 36.2 Å². The van der Waals surface area contributed by atoms with Crippen molar-refractivity contribution in [1.82, 2.24) is 10.3 Å². The van der Waals surface area contributed by atoms with Crippen molar-refractivity contribution in [2.45, 2.75) is 12.8 Å². The molecule has 1 heterocycles. The maximum Gasteiger partial charge on any atom is 0.220 e. The second-order valence-corrected chi connectivity index (χ2v) is 4.96. The van der Waals surface area contributed by atoms with E-state index in [1.165, 1.54) is 0 Å². The third-order valence-electron chi connectivity index (χ3n) is 3.36. The fourth-order valence-corrected chi connectivity index (χ4v) is 2.07. The number of amides is 1. The number of hydrogen-bond acceptors (Lipinski definition) is 3. The number of rotatable bonds is 7. The minimum atomic E-state index is 0.0910. The number of aryl methyl sites for hydroxylation is 1.